The van der Waals surface area contributed by atoms with Crippen LogP contribution in [0.25, 0.3) is 10.9 Å². The summed E-state index contributed by atoms with van der Waals surface area (Å²) in [5, 5.41) is 4.89. The van der Waals surface area contributed by atoms with E-state index in [1.54, 1.807) is 44.2 Å². The number of carbonyl (C=O) groups excluding carboxylic acids is 1. The highest BCUT2D eigenvalue weighted by Crippen LogP contribution is 2.30. The van der Waals surface area contributed by atoms with Crippen molar-refractivity contribution in [3.8, 4) is 11.5 Å². The van der Waals surface area contributed by atoms with Gasteiger partial charge in [0.1, 0.15) is 5.82 Å². The smallest absolute Gasteiger partial charge is 0.344 e. The number of aromatic nitrogens is 2. The summed E-state index contributed by atoms with van der Waals surface area (Å²) in [5.74, 6) is 0.724. The first-order valence-corrected chi connectivity index (χ1v) is 11.3. The fraction of sp³-hybridized carbons (Fsp3) is 0.333. The maximum absolute atomic E-state index is 13.2. The summed E-state index contributed by atoms with van der Waals surface area (Å²) in [5.41, 5.74) is 0.849. The lowest BCUT2D eigenvalue weighted by molar-refractivity contribution is -0.149. The first-order chi connectivity index (χ1) is 15.7. The molecule has 1 aromatic heterocycles. The van der Waals surface area contributed by atoms with Crippen LogP contribution in [0.2, 0.25) is 0 Å². The van der Waals surface area contributed by atoms with Gasteiger partial charge in [-0.1, -0.05) is 35.8 Å². The van der Waals surface area contributed by atoms with Gasteiger partial charge in [0.05, 0.1) is 30.3 Å². The summed E-state index contributed by atoms with van der Waals surface area (Å²) < 4.78 is 18.3. The number of benzene rings is 2. The lowest BCUT2D eigenvalue weighted by Gasteiger charge is -2.14. The minimum atomic E-state index is -0.499. The van der Waals surface area contributed by atoms with Crippen molar-refractivity contribution in [1.29, 1.82) is 0 Å². The Bertz CT molecular complexity index is 1250. The Morgan fingerprint density at radius 3 is 2.64 bits per heavy atom. The summed E-state index contributed by atoms with van der Waals surface area (Å²) >= 11 is 3.40. The van der Waals surface area contributed by atoms with Gasteiger partial charge in [-0.2, -0.15) is 9.78 Å². The minimum absolute atomic E-state index is 0.0465. The number of para-hydroxylation sites is 1. The van der Waals surface area contributed by atoms with Crippen molar-refractivity contribution in [2.24, 2.45) is 5.10 Å². The maximum atomic E-state index is 13.2. The number of fused-ring (bicyclic) bond motifs is 1. The predicted molar refractivity (Wildman–Crippen MR) is 131 cm³/mol. The SMILES string of the molecule is COc1cccc(C=Nn2c(C(C)C)nc3ccc(Br)cc3c2=O)c1OCC(=O)OC(C)C. The van der Waals surface area contributed by atoms with E-state index in [4.69, 9.17) is 14.2 Å². The molecular weight excluding hydrogens is 490 g/mol. The van der Waals surface area contributed by atoms with Gasteiger partial charge in [0.25, 0.3) is 5.56 Å². The number of carbonyl (C=O) groups is 1. The standard InChI is InChI=1S/C24H26BrN3O5/c1-14(2)23-27-19-10-9-17(25)11-18(19)24(30)28(23)26-12-16-7-6-8-20(31-5)22(16)32-13-21(29)33-15(3)4/h6-12,14-15H,13H2,1-5H3. The number of hydrogen-bond acceptors (Lipinski definition) is 7. The highest BCUT2D eigenvalue weighted by atomic mass is 79.9. The van der Waals surface area contributed by atoms with Crippen molar-refractivity contribution >= 4 is 39.0 Å². The number of hydrogen-bond donors (Lipinski definition) is 0. The molecule has 0 aliphatic rings. The molecule has 0 aliphatic heterocycles. The molecule has 0 atom stereocenters. The summed E-state index contributed by atoms with van der Waals surface area (Å²) in [6.45, 7) is 7.12. The van der Waals surface area contributed by atoms with Gasteiger partial charge >= 0.3 is 5.97 Å². The number of ether oxygens (including phenoxy) is 3. The summed E-state index contributed by atoms with van der Waals surface area (Å²) in [6, 6.07) is 10.6. The van der Waals surface area contributed by atoms with E-state index in [2.05, 4.69) is 26.0 Å². The van der Waals surface area contributed by atoms with Crippen LogP contribution in [0.15, 0.2) is 50.8 Å². The van der Waals surface area contributed by atoms with Crippen LogP contribution in [0, 0.1) is 0 Å². The first kappa shape index (κ1) is 24.4. The van der Waals surface area contributed by atoms with E-state index < -0.39 is 5.97 Å². The largest absolute Gasteiger partial charge is 0.493 e. The van der Waals surface area contributed by atoms with E-state index in [0.29, 0.717) is 33.8 Å². The average molecular weight is 516 g/mol. The lowest BCUT2D eigenvalue weighted by atomic mass is 10.2. The second-order valence-electron chi connectivity index (χ2n) is 7.85. The number of nitrogens with zero attached hydrogens (tertiary/aromatic N) is 3. The molecule has 1 heterocycles. The Hall–Kier alpha value is -3.20. The molecule has 0 bridgehead atoms. The zero-order valence-electron chi connectivity index (χ0n) is 19.2. The third-order valence-corrected chi connectivity index (χ3v) is 5.09. The van der Waals surface area contributed by atoms with Crippen molar-refractivity contribution in [2.45, 2.75) is 39.7 Å². The van der Waals surface area contributed by atoms with E-state index in [1.165, 1.54) is 18.0 Å². The van der Waals surface area contributed by atoms with E-state index in [0.717, 1.165) is 4.47 Å². The molecule has 2 aromatic carbocycles. The van der Waals surface area contributed by atoms with Gasteiger partial charge in [0, 0.05) is 16.0 Å². The zero-order chi connectivity index (χ0) is 24.1. The van der Waals surface area contributed by atoms with Crippen LogP contribution in [0.4, 0.5) is 0 Å². The summed E-state index contributed by atoms with van der Waals surface area (Å²) in [7, 11) is 1.50. The Labute approximate surface area is 200 Å². The van der Waals surface area contributed by atoms with Crippen molar-refractivity contribution in [3.63, 3.8) is 0 Å². The molecule has 8 nitrogen and oxygen atoms in total. The van der Waals surface area contributed by atoms with Crippen LogP contribution < -0.4 is 15.0 Å². The fourth-order valence-corrected chi connectivity index (χ4v) is 3.51. The monoisotopic (exact) mass is 515 g/mol. The molecule has 3 aromatic rings. The number of halogens is 1. The molecule has 174 valence electrons. The van der Waals surface area contributed by atoms with Crippen LogP contribution in [-0.4, -0.2) is 41.7 Å². The third-order valence-electron chi connectivity index (χ3n) is 4.59. The van der Waals surface area contributed by atoms with Gasteiger partial charge in [-0.05, 0) is 44.2 Å². The Morgan fingerprint density at radius 2 is 1.97 bits per heavy atom. The topological polar surface area (TPSA) is 92.0 Å². The van der Waals surface area contributed by atoms with Crippen LogP contribution in [0.1, 0.15) is 45.0 Å². The van der Waals surface area contributed by atoms with E-state index in [1.807, 2.05) is 19.9 Å². The van der Waals surface area contributed by atoms with Crippen molar-refractivity contribution in [1.82, 2.24) is 9.66 Å². The highest BCUT2D eigenvalue weighted by molar-refractivity contribution is 9.10. The molecule has 0 spiro atoms. The predicted octanol–water partition coefficient (Wildman–Crippen LogP) is 4.50. The molecule has 0 aliphatic carbocycles. The number of methoxy groups -OCH3 is 1. The molecule has 0 saturated carbocycles. The Kier molecular flexibility index (Phi) is 7.86. The summed E-state index contributed by atoms with van der Waals surface area (Å²) in [4.78, 5) is 29.8. The quantitative estimate of drug-likeness (QED) is 0.323. The molecule has 0 N–H and O–H groups in total. The van der Waals surface area contributed by atoms with Crippen LogP contribution >= 0.6 is 15.9 Å². The van der Waals surface area contributed by atoms with Gasteiger partial charge in [-0.15, -0.1) is 0 Å². The van der Waals surface area contributed by atoms with Crippen LogP contribution in [0.5, 0.6) is 11.5 Å². The van der Waals surface area contributed by atoms with Crippen LogP contribution in [-0.2, 0) is 9.53 Å². The molecule has 0 radical (unpaired) electrons. The number of esters is 1. The molecule has 0 unspecified atom stereocenters. The maximum Gasteiger partial charge on any atom is 0.344 e. The normalized spacial score (nSPS) is 11.5. The van der Waals surface area contributed by atoms with Crippen molar-refractivity contribution in [3.05, 3.63) is 62.6 Å². The third kappa shape index (κ3) is 5.78. The van der Waals surface area contributed by atoms with E-state index in [-0.39, 0.29) is 24.2 Å². The summed E-state index contributed by atoms with van der Waals surface area (Å²) in [6.07, 6.45) is 1.24. The second-order valence-corrected chi connectivity index (χ2v) is 8.77. The van der Waals surface area contributed by atoms with Gasteiger partial charge in [0.2, 0.25) is 0 Å². The highest BCUT2D eigenvalue weighted by Gasteiger charge is 2.16. The Balaban J connectivity index is 2.04. The van der Waals surface area contributed by atoms with E-state index >= 15 is 0 Å². The van der Waals surface area contributed by atoms with Gasteiger partial charge in [-0.3, -0.25) is 4.79 Å². The van der Waals surface area contributed by atoms with Crippen molar-refractivity contribution in [2.75, 3.05) is 13.7 Å². The van der Waals surface area contributed by atoms with Crippen LogP contribution in [0.3, 0.4) is 0 Å². The Morgan fingerprint density at radius 1 is 1.21 bits per heavy atom. The van der Waals surface area contributed by atoms with Gasteiger partial charge in [-0.25, -0.2) is 9.78 Å². The molecule has 0 amide bonds. The fourth-order valence-electron chi connectivity index (χ4n) is 3.15. The van der Waals surface area contributed by atoms with Gasteiger partial charge in [0.15, 0.2) is 18.1 Å². The molecular formula is C24H26BrN3O5. The number of rotatable bonds is 8. The van der Waals surface area contributed by atoms with Crippen molar-refractivity contribution < 1.29 is 19.0 Å². The molecule has 9 heteroatoms. The second kappa shape index (κ2) is 10.6. The molecule has 0 fully saturated rings. The molecule has 3 rings (SSSR count). The lowest BCUT2D eigenvalue weighted by Crippen LogP contribution is -2.23. The minimum Gasteiger partial charge on any atom is -0.493 e. The zero-order valence-corrected chi connectivity index (χ0v) is 20.8. The van der Waals surface area contributed by atoms with Gasteiger partial charge < -0.3 is 14.2 Å². The average Bonchev–Trinajstić information content (AvgIpc) is 2.76. The van der Waals surface area contributed by atoms with E-state index in [9.17, 15) is 9.59 Å². The first-order valence-electron chi connectivity index (χ1n) is 10.5. The molecule has 33 heavy (non-hydrogen) atoms. The molecule has 0 saturated heterocycles.